The first-order valence-corrected chi connectivity index (χ1v) is 8.19. The van der Waals surface area contributed by atoms with Crippen LogP contribution in [-0.4, -0.2) is 29.0 Å². The van der Waals surface area contributed by atoms with Crippen LogP contribution in [0.3, 0.4) is 0 Å². The highest BCUT2D eigenvalue weighted by atomic mass is 35.5. The Balaban J connectivity index is 0. The van der Waals surface area contributed by atoms with Crippen LogP contribution in [0.25, 0.3) is 0 Å². The minimum atomic E-state index is -0.357. The number of nitrogens with two attached hydrogens (primary N) is 1. The highest BCUT2D eigenvalue weighted by Crippen LogP contribution is 2.20. The van der Waals surface area contributed by atoms with E-state index >= 15 is 0 Å². The summed E-state index contributed by atoms with van der Waals surface area (Å²) in [5, 5.41) is 18.0. The lowest BCUT2D eigenvalue weighted by Crippen LogP contribution is -2.41. The van der Waals surface area contributed by atoms with Gasteiger partial charge in [0, 0.05) is 18.8 Å². The van der Waals surface area contributed by atoms with E-state index in [0.717, 1.165) is 12.8 Å². The van der Waals surface area contributed by atoms with Gasteiger partial charge in [-0.2, -0.15) is 0 Å². The second-order valence-electron chi connectivity index (χ2n) is 5.89. The quantitative estimate of drug-likeness (QED) is 0.428. The first-order valence-electron chi connectivity index (χ1n) is 8.19. The topological polar surface area (TPSA) is 66.5 Å². The molecule has 0 atom stereocenters. The summed E-state index contributed by atoms with van der Waals surface area (Å²) in [6.07, 6.45) is 13.9. The van der Waals surface area contributed by atoms with Crippen molar-refractivity contribution in [1.29, 1.82) is 0 Å². The fourth-order valence-corrected chi connectivity index (χ4v) is 2.61. The lowest BCUT2D eigenvalue weighted by Gasteiger charge is -2.28. The van der Waals surface area contributed by atoms with E-state index in [1.54, 1.807) is 0 Å². The van der Waals surface area contributed by atoms with Crippen molar-refractivity contribution in [1.82, 2.24) is 0 Å². The van der Waals surface area contributed by atoms with Gasteiger partial charge in [0.15, 0.2) is 0 Å². The molecule has 0 radical (unpaired) electrons. The summed E-state index contributed by atoms with van der Waals surface area (Å²) in [6.45, 7) is 2.49. The smallest absolute Gasteiger partial charge is 0.0448 e. The number of unbranched alkanes of at least 4 members (excludes halogenated alkanes) is 8. The summed E-state index contributed by atoms with van der Waals surface area (Å²) < 4.78 is 0. The van der Waals surface area contributed by atoms with Crippen molar-refractivity contribution in [2.75, 3.05) is 13.2 Å². The fourth-order valence-electron chi connectivity index (χ4n) is 2.61. The van der Waals surface area contributed by atoms with E-state index in [4.69, 9.17) is 15.9 Å². The fraction of sp³-hybridized carbons (Fsp3) is 1.00. The SMILES string of the molecule is CCCCCCCCCCCC(N)(CCO)CCO.Cl. The third-order valence-corrected chi connectivity index (χ3v) is 4.00. The number of aliphatic hydroxyl groups excluding tert-OH is 2. The van der Waals surface area contributed by atoms with Crippen molar-refractivity contribution >= 4 is 12.4 Å². The number of hydrogen-bond donors (Lipinski definition) is 3. The first-order chi connectivity index (χ1) is 9.18. The molecular weight excluding hydrogens is 274 g/mol. The Morgan fingerprint density at radius 2 is 1.10 bits per heavy atom. The van der Waals surface area contributed by atoms with Crippen molar-refractivity contribution in [3.05, 3.63) is 0 Å². The van der Waals surface area contributed by atoms with Crippen LogP contribution in [0.2, 0.25) is 0 Å². The molecule has 0 fully saturated rings. The minimum Gasteiger partial charge on any atom is -0.396 e. The molecule has 0 aromatic heterocycles. The van der Waals surface area contributed by atoms with Gasteiger partial charge in [-0.1, -0.05) is 64.7 Å². The summed E-state index contributed by atoms with van der Waals surface area (Å²) >= 11 is 0. The largest absolute Gasteiger partial charge is 0.396 e. The van der Waals surface area contributed by atoms with E-state index < -0.39 is 0 Å². The van der Waals surface area contributed by atoms with Crippen LogP contribution in [0.4, 0.5) is 0 Å². The summed E-state index contributed by atoms with van der Waals surface area (Å²) in [4.78, 5) is 0. The van der Waals surface area contributed by atoms with Gasteiger partial charge in [-0.3, -0.25) is 0 Å². The predicted octanol–water partition coefficient (Wildman–Crippen LogP) is 3.79. The Labute approximate surface area is 131 Å². The van der Waals surface area contributed by atoms with Crippen molar-refractivity contribution < 1.29 is 10.2 Å². The molecule has 0 rings (SSSR count). The number of hydrogen-bond acceptors (Lipinski definition) is 3. The second kappa shape index (κ2) is 15.6. The van der Waals surface area contributed by atoms with Crippen molar-refractivity contribution in [3.63, 3.8) is 0 Å². The van der Waals surface area contributed by atoms with Gasteiger partial charge in [0.25, 0.3) is 0 Å². The molecule has 3 nitrogen and oxygen atoms in total. The number of halogens is 1. The van der Waals surface area contributed by atoms with Gasteiger partial charge in [-0.05, 0) is 19.3 Å². The van der Waals surface area contributed by atoms with Crippen LogP contribution in [0, 0.1) is 0 Å². The highest BCUT2D eigenvalue weighted by Gasteiger charge is 2.22. The zero-order valence-corrected chi connectivity index (χ0v) is 14.1. The Kier molecular flexibility index (Phi) is 17.5. The van der Waals surface area contributed by atoms with Gasteiger partial charge in [-0.15, -0.1) is 12.4 Å². The average molecular weight is 310 g/mol. The van der Waals surface area contributed by atoms with Gasteiger partial charge in [0.05, 0.1) is 0 Å². The molecular formula is C16H36ClNO2. The normalized spacial score (nSPS) is 11.4. The lowest BCUT2D eigenvalue weighted by atomic mass is 9.87. The second-order valence-corrected chi connectivity index (χ2v) is 5.89. The van der Waals surface area contributed by atoms with Crippen molar-refractivity contribution in [2.24, 2.45) is 5.73 Å². The van der Waals surface area contributed by atoms with Gasteiger partial charge < -0.3 is 15.9 Å². The Bertz CT molecular complexity index is 185. The standard InChI is InChI=1S/C16H35NO2.ClH/c1-2-3-4-5-6-7-8-9-10-11-16(17,12-14-18)13-15-19;/h18-19H,2-15,17H2,1H3;1H. The van der Waals surface area contributed by atoms with Crippen LogP contribution in [0.15, 0.2) is 0 Å². The molecule has 0 saturated heterocycles. The van der Waals surface area contributed by atoms with Gasteiger partial charge in [-0.25, -0.2) is 0 Å². The molecule has 4 heteroatoms. The van der Waals surface area contributed by atoms with Gasteiger partial charge >= 0.3 is 0 Å². The monoisotopic (exact) mass is 309 g/mol. The average Bonchev–Trinajstić information content (AvgIpc) is 2.37. The molecule has 124 valence electrons. The zero-order valence-electron chi connectivity index (χ0n) is 13.3. The number of rotatable bonds is 14. The lowest BCUT2D eigenvalue weighted by molar-refractivity contribution is 0.183. The molecule has 0 aromatic carbocycles. The van der Waals surface area contributed by atoms with E-state index in [2.05, 4.69) is 6.92 Å². The van der Waals surface area contributed by atoms with Crippen molar-refractivity contribution in [3.8, 4) is 0 Å². The Morgan fingerprint density at radius 1 is 0.700 bits per heavy atom. The maximum atomic E-state index is 9.01. The molecule has 0 spiro atoms. The minimum absolute atomic E-state index is 0. The maximum Gasteiger partial charge on any atom is 0.0448 e. The molecule has 0 aliphatic heterocycles. The van der Waals surface area contributed by atoms with Crippen LogP contribution >= 0.6 is 12.4 Å². The Hall–Kier alpha value is 0.170. The summed E-state index contributed by atoms with van der Waals surface area (Å²) in [5.74, 6) is 0. The maximum absolute atomic E-state index is 9.01. The van der Waals surface area contributed by atoms with E-state index in [-0.39, 0.29) is 31.2 Å². The van der Waals surface area contributed by atoms with Crippen LogP contribution < -0.4 is 5.73 Å². The highest BCUT2D eigenvalue weighted by molar-refractivity contribution is 5.85. The number of aliphatic hydroxyl groups is 2. The molecule has 0 amide bonds. The van der Waals surface area contributed by atoms with Gasteiger partial charge in [0.2, 0.25) is 0 Å². The van der Waals surface area contributed by atoms with Crippen LogP contribution in [-0.2, 0) is 0 Å². The molecule has 4 N–H and O–H groups in total. The van der Waals surface area contributed by atoms with Crippen LogP contribution in [0.1, 0.15) is 84.0 Å². The molecule has 0 saturated carbocycles. The molecule has 0 heterocycles. The van der Waals surface area contributed by atoms with E-state index in [1.165, 1.54) is 51.4 Å². The molecule has 0 unspecified atom stereocenters. The third-order valence-electron chi connectivity index (χ3n) is 4.00. The van der Waals surface area contributed by atoms with Crippen molar-refractivity contribution in [2.45, 2.75) is 89.5 Å². The van der Waals surface area contributed by atoms with E-state index in [9.17, 15) is 0 Å². The molecule has 20 heavy (non-hydrogen) atoms. The molecule has 0 aliphatic rings. The summed E-state index contributed by atoms with van der Waals surface area (Å²) in [5.41, 5.74) is 5.84. The van der Waals surface area contributed by atoms with E-state index in [1.807, 2.05) is 0 Å². The van der Waals surface area contributed by atoms with Crippen LogP contribution in [0.5, 0.6) is 0 Å². The first kappa shape index (κ1) is 22.5. The molecule has 0 bridgehead atoms. The molecule has 0 aliphatic carbocycles. The summed E-state index contributed by atoms with van der Waals surface area (Å²) in [6, 6.07) is 0. The predicted molar refractivity (Wildman–Crippen MR) is 89.4 cm³/mol. The molecule has 0 aromatic rings. The third kappa shape index (κ3) is 13.2. The van der Waals surface area contributed by atoms with Gasteiger partial charge in [0.1, 0.15) is 0 Å². The van der Waals surface area contributed by atoms with E-state index in [0.29, 0.717) is 12.8 Å². The summed E-state index contributed by atoms with van der Waals surface area (Å²) in [7, 11) is 0. The Morgan fingerprint density at radius 3 is 1.50 bits per heavy atom. The zero-order chi connectivity index (χ0) is 14.4.